The van der Waals surface area contributed by atoms with Gasteiger partial charge in [0.15, 0.2) is 0 Å². The Morgan fingerprint density at radius 2 is 2.17 bits per heavy atom. The maximum absolute atomic E-state index is 12.8. The summed E-state index contributed by atoms with van der Waals surface area (Å²) in [4.78, 5) is 7.31. The lowest BCUT2D eigenvalue weighted by Gasteiger charge is -2.06. The van der Waals surface area contributed by atoms with Gasteiger partial charge < -0.3 is 10.8 Å². The monoisotopic (exact) mass is 260 g/mol. The smallest absolute Gasteiger partial charge is 0.396 e. The van der Waals surface area contributed by atoms with Crippen LogP contribution in [0.1, 0.15) is 24.0 Å². The number of aliphatic hydroxyl groups excluding tert-OH is 1. The normalized spacial score (nSPS) is 14.1. The third-order valence-corrected chi connectivity index (χ3v) is 2.52. The number of aliphatic hydroxyl groups is 1. The Kier molecular flexibility index (Phi) is 3.22. The van der Waals surface area contributed by atoms with Gasteiger partial charge in [0, 0.05) is 19.0 Å². The summed E-state index contributed by atoms with van der Waals surface area (Å²) in [5, 5.41) is 8.78. The molecule has 2 heterocycles. The number of nitrogens with zero attached hydrogens (tertiary/aromatic N) is 3. The van der Waals surface area contributed by atoms with Crippen LogP contribution in [0.4, 0.5) is 13.2 Å². The number of aromatic nitrogens is 3. The molecule has 1 unspecified atom stereocenters. The van der Waals surface area contributed by atoms with Crippen LogP contribution >= 0.6 is 0 Å². The van der Waals surface area contributed by atoms with Crippen molar-refractivity contribution in [3.8, 4) is 0 Å². The first-order valence-corrected chi connectivity index (χ1v) is 5.20. The van der Waals surface area contributed by atoms with Crippen LogP contribution in [0, 0.1) is 0 Å². The molecule has 0 saturated carbocycles. The van der Waals surface area contributed by atoms with Crippen molar-refractivity contribution in [2.45, 2.75) is 18.6 Å². The number of halogens is 3. The van der Waals surface area contributed by atoms with Crippen molar-refractivity contribution in [1.29, 1.82) is 0 Å². The van der Waals surface area contributed by atoms with Crippen LogP contribution in [0.5, 0.6) is 0 Å². The zero-order valence-electron chi connectivity index (χ0n) is 9.22. The van der Waals surface area contributed by atoms with E-state index < -0.39 is 18.0 Å². The van der Waals surface area contributed by atoms with Crippen LogP contribution in [0.2, 0.25) is 0 Å². The lowest BCUT2D eigenvalue weighted by atomic mass is 10.1. The maximum Gasteiger partial charge on any atom is 0.450 e. The van der Waals surface area contributed by atoms with Gasteiger partial charge in [-0.2, -0.15) is 13.2 Å². The van der Waals surface area contributed by atoms with Crippen molar-refractivity contribution in [3.05, 3.63) is 30.1 Å². The van der Waals surface area contributed by atoms with E-state index in [1.165, 1.54) is 18.6 Å². The zero-order valence-corrected chi connectivity index (χ0v) is 9.22. The molecule has 0 radical (unpaired) electrons. The van der Waals surface area contributed by atoms with Gasteiger partial charge in [-0.1, -0.05) is 0 Å². The Hall–Kier alpha value is -1.67. The van der Waals surface area contributed by atoms with Crippen LogP contribution in [0.25, 0.3) is 5.52 Å². The molecule has 98 valence electrons. The molecule has 0 saturated heterocycles. The maximum atomic E-state index is 12.8. The van der Waals surface area contributed by atoms with Crippen molar-refractivity contribution in [1.82, 2.24) is 14.4 Å². The first-order valence-electron chi connectivity index (χ1n) is 5.20. The van der Waals surface area contributed by atoms with E-state index in [-0.39, 0.29) is 24.2 Å². The van der Waals surface area contributed by atoms with E-state index in [1.54, 1.807) is 0 Å². The third kappa shape index (κ3) is 2.16. The second-order valence-corrected chi connectivity index (χ2v) is 3.77. The number of nitrogens with two attached hydrogens (primary N) is 1. The van der Waals surface area contributed by atoms with Crippen LogP contribution in [-0.4, -0.2) is 26.1 Å². The molecule has 3 N–H and O–H groups in total. The summed E-state index contributed by atoms with van der Waals surface area (Å²) in [5.41, 5.74) is 5.98. The molecule has 18 heavy (non-hydrogen) atoms. The molecular formula is C10H11F3N4O. The lowest BCUT2D eigenvalue weighted by Crippen LogP contribution is -2.14. The van der Waals surface area contributed by atoms with Gasteiger partial charge in [0.1, 0.15) is 0 Å². The Bertz CT molecular complexity index is 552. The molecule has 1 atom stereocenters. The molecule has 2 rings (SSSR count). The van der Waals surface area contributed by atoms with Gasteiger partial charge in [0.05, 0.1) is 23.4 Å². The number of imidazole rings is 1. The van der Waals surface area contributed by atoms with E-state index in [1.807, 2.05) is 0 Å². The summed E-state index contributed by atoms with van der Waals surface area (Å²) < 4.78 is 39.3. The Balaban J connectivity index is 2.61. The third-order valence-electron chi connectivity index (χ3n) is 2.52. The SMILES string of the molecule is NC(CCO)c1nc(C(F)(F)F)n2ccncc12. The number of alkyl halides is 3. The van der Waals surface area contributed by atoms with E-state index in [9.17, 15) is 13.2 Å². The number of rotatable bonds is 3. The van der Waals surface area contributed by atoms with E-state index in [2.05, 4.69) is 9.97 Å². The van der Waals surface area contributed by atoms with Gasteiger partial charge in [-0.05, 0) is 6.42 Å². The molecule has 0 aliphatic heterocycles. The van der Waals surface area contributed by atoms with E-state index in [0.29, 0.717) is 0 Å². The molecule has 0 aromatic carbocycles. The average molecular weight is 260 g/mol. The predicted octanol–water partition coefficient (Wildman–Crippen LogP) is 1.13. The molecule has 0 fully saturated rings. The highest BCUT2D eigenvalue weighted by atomic mass is 19.4. The second-order valence-electron chi connectivity index (χ2n) is 3.77. The van der Waals surface area contributed by atoms with Gasteiger partial charge in [0.2, 0.25) is 5.82 Å². The fourth-order valence-electron chi connectivity index (χ4n) is 1.71. The van der Waals surface area contributed by atoms with Crippen LogP contribution in [0.3, 0.4) is 0 Å². The van der Waals surface area contributed by atoms with Crippen molar-refractivity contribution in [3.63, 3.8) is 0 Å². The second kappa shape index (κ2) is 4.54. The number of hydrogen-bond acceptors (Lipinski definition) is 4. The molecule has 8 heteroatoms. The molecule has 2 aromatic heterocycles. The van der Waals surface area contributed by atoms with E-state index in [0.717, 1.165) is 4.40 Å². The highest BCUT2D eigenvalue weighted by molar-refractivity contribution is 5.53. The highest BCUT2D eigenvalue weighted by Crippen LogP contribution is 2.31. The van der Waals surface area contributed by atoms with Crippen molar-refractivity contribution >= 4 is 5.52 Å². The number of fused-ring (bicyclic) bond motifs is 1. The minimum absolute atomic E-state index is 0.0875. The fourth-order valence-corrected chi connectivity index (χ4v) is 1.71. The summed E-state index contributed by atoms with van der Waals surface area (Å²) in [6, 6.07) is -0.759. The molecule has 5 nitrogen and oxygen atoms in total. The minimum Gasteiger partial charge on any atom is -0.396 e. The highest BCUT2D eigenvalue weighted by Gasteiger charge is 2.37. The summed E-state index contributed by atoms with van der Waals surface area (Å²) in [6.45, 7) is -0.220. The molecule has 2 aromatic rings. The van der Waals surface area contributed by atoms with Crippen molar-refractivity contribution in [2.24, 2.45) is 5.73 Å². The van der Waals surface area contributed by atoms with Gasteiger partial charge >= 0.3 is 6.18 Å². The Labute approximate surface area is 100 Å². The Morgan fingerprint density at radius 3 is 2.78 bits per heavy atom. The topological polar surface area (TPSA) is 76.4 Å². The van der Waals surface area contributed by atoms with Gasteiger partial charge in [-0.25, -0.2) is 4.98 Å². The average Bonchev–Trinajstić information content (AvgIpc) is 2.68. The molecule has 0 aliphatic carbocycles. The molecule has 0 spiro atoms. The first-order chi connectivity index (χ1) is 8.45. The van der Waals surface area contributed by atoms with E-state index >= 15 is 0 Å². The van der Waals surface area contributed by atoms with Crippen LogP contribution in [-0.2, 0) is 6.18 Å². The molecular weight excluding hydrogens is 249 g/mol. The van der Waals surface area contributed by atoms with Gasteiger partial charge in [0.25, 0.3) is 0 Å². The summed E-state index contributed by atoms with van der Waals surface area (Å²) in [7, 11) is 0. The fraction of sp³-hybridized carbons (Fsp3) is 0.400. The van der Waals surface area contributed by atoms with Crippen molar-refractivity contribution in [2.75, 3.05) is 6.61 Å². The molecule has 0 aliphatic rings. The summed E-state index contributed by atoms with van der Waals surface area (Å²) >= 11 is 0. The zero-order chi connectivity index (χ0) is 13.3. The van der Waals surface area contributed by atoms with E-state index in [4.69, 9.17) is 10.8 Å². The standard InChI is InChI=1S/C10H11F3N4O/c11-10(12,13)9-16-8(6(14)1-4-18)7-5-15-2-3-17(7)9/h2-3,5-6,18H,1,4,14H2. The van der Waals surface area contributed by atoms with Crippen LogP contribution < -0.4 is 5.73 Å². The minimum atomic E-state index is -4.57. The number of hydrogen-bond donors (Lipinski definition) is 2. The first kappa shape index (κ1) is 12.8. The predicted molar refractivity (Wildman–Crippen MR) is 56.6 cm³/mol. The summed E-state index contributed by atoms with van der Waals surface area (Å²) in [6.07, 6.45) is -0.735. The Morgan fingerprint density at radius 1 is 1.44 bits per heavy atom. The molecule has 0 bridgehead atoms. The lowest BCUT2D eigenvalue weighted by molar-refractivity contribution is -0.145. The largest absolute Gasteiger partial charge is 0.450 e. The summed E-state index contributed by atoms with van der Waals surface area (Å²) in [5.74, 6) is -1.04. The van der Waals surface area contributed by atoms with Gasteiger partial charge in [-0.15, -0.1) is 0 Å². The van der Waals surface area contributed by atoms with Gasteiger partial charge in [-0.3, -0.25) is 9.38 Å². The van der Waals surface area contributed by atoms with Crippen molar-refractivity contribution < 1.29 is 18.3 Å². The quantitative estimate of drug-likeness (QED) is 0.867. The van der Waals surface area contributed by atoms with Crippen LogP contribution in [0.15, 0.2) is 18.6 Å². The molecule has 0 amide bonds.